The van der Waals surface area contributed by atoms with E-state index in [9.17, 15) is 9.59 Å². The second kappa shape index (κ2) is 9.34. The van der Waals surface area contributed by atoms with E-state index in [0.717, 1.165) is 27.5 Å². The van der Waals surface area contributed by atoms with E-state index in [0.29, 0.717) is 22.7 Å². The third-order valence-corrected chi connectivity index (χ3v) is 6.48. The number of thiophene rings is 1. The number of rotatable bonds is 7. The molecule has 1 heterocycles. The predicted octanol–water partition coefficient (Wildman–Crippen LogP) is 5.87. The summed E-state index contributed by atoms with van der Waals surface area (Å²) in [6.45, 7) is 2.54. The molecule has 2 aromatic rings. The van der Waals surface area contributed by atoms with E-state index in [2.05, 4.69) is 44.1 Å². The smallest absolute Gasteiger partial charge is 0.338 e. The third-order valence-electron chi connectivity index (χ3n) is 3.23. The second-order valence-electron chi connectivity index (χ2n) is 5.11. The highest BCUT2D eigenvalue weighted by Crippen LogP contribution is 2.32. The van der Waals surface area contributed by atoms with Crippen LogP contribution in [0, 0.1) is 0 Å². The number of unbranched alkanes of at least 4 members (excludes halogenated alkanes) is 2. The molecule has 128 valence electrons. The van der Waals surface area contributed by atoms with Crippen LogP contribution in [-0.2, 0) is 4.74 Å². The Morgan fingerprint density at radius 2 is 1.88 bits per heavy atom. The summed E-state index contributed by atoms with van der Waals surface area (Å²) in [5.74, 6) is -0.531. The number of anilines is 1. The number of carbonyl (C=O) groups is 2. The summed E-state index contributed by atoms with van der Waals surface area (Å²) in [6.07, 6.45) is 3.01. The number of nitrogens with one attached hydrogen (secondary N) is 1. The fourth-order valence-corrected chi connectivity index (χ4v) is 3.87. The van der Waals surface area contributed by atoms with E-state index in [-0.39, 0.29) is 11.9 Å². The molecule has 0 aliphatic carbocycles. The van der Waals surface area contributed by atoms with Crippen LogP contribution in [0.4, 0.5) is 5.69 Å². The topological polar surface area (TPSA) is 55.4 Å². The molecule has 0 saturated heterocycles. The quantitative estimate of drug-likeness (QED) is 0.403. The van der Waals surface area contributed by atoms with Crippen molar-refractivity contribution in [3.8, 4) is 0 Å². The fraction of sp³-hybridized carbons (Fsp3) is 0.294. The summed E-state index contributed by atoms with van der Waals surface area (Å²) in [5, 5.41) is 2.80. The minimum Gasteiger partial charge on any atom is -0.462 e. The monoisotopic (exact) mass is 473 g/mol. The van der Waals surface area contributed by atoms with E-state index in [1.165, 1.54) is 11.3 Å². The van der Waals surface area contributed by atoms with Crippen LogP contribution in [-0.4, -0.2) is 18.5 Å². The van der Waals surface area contributed by atoms with Crippen LogP contribution >= 0.6 is 43.2 Å². The van der Waals surface area contributed by atoms with E-state index in [4.69, 9.17) is 4.74 Å². The van der Waals surface area contributed by atoms with Crippen LogP contribution in [0.2, 0.25) is 0 Å². The number of ether oxygens (including phenoxy) is 1. The zero-order chi connectivity index (χ0) is 17.5. The van der Waals surface area contributed by atoms with Crippen molar-refractivity contribution in [1.29, 1.82) is 0 Å². The van der Waals surface area contributed by atoms with Crippen LogP contribution in [0.3, 0.4) is 0 Å². The van der Waals surface area contributed by atoms with Gasteiger partial charge in [-0.2, -0.15) is 0 Å². The molecule has 0 bridgehead atoms. The zero-order valence-corrected chi connectivity index (χ0v) is 17.1. The maximum absolute atomic E-state index is 12.2. The first-order valence-electron chi connectivity index (χ1n) is 7.54. The van der Waals surface area contributed by atoms with Crippen LogP contribution in [0.1, 0.15) is 46.2 Å². The van der Waals surface area contributed by atoms with E-state index in [1.807, 2.05) is 0 Å². The lowest BCUT2D eigenvalue weighted by Gasteiger charge is -2.06. The molecule has 4 nitrogen and oxygen atoms in total. The van der Waals surface area contributed by atoms with Gasteiger partial charge in [0.05, 0.1) is 20.8 Å². The van der Waals surface area contributed by atoms with Gasteiger partial charge in [-0.15, -0.1) is 11.3 Å². The van der Waals surface area contributed by atoms with Crippen molar-refractivity contribution in [2.45, 2.75) is 26.2 Å². The minimum absolute atomic E-state index is 0.193. The van der Waals surface area contributed by atoms with Gasteiger partial charge in [0.15, 0.2) is 0 Å². The largest absolute Gasteiger partial charge is 0.462 e. The molecular formula is C17H17Br2NO3S. The molecule has 0 unspecified atom stereocenters. The Balaban J connectivity index is 1.91. The molecule has 0 aliphatic heterocycles. The lowest BCUT2D eigenvalue weighted by atomic mass is 10.2. The van der Waals surface area contributed by atoms with Crippen molar-refractivity contribution in [2.75, 3.05) is 11.9 Å². The van der Waals surface area contributed by atoms with Gasteiger partial charge >= 0.3 is 5.97 Å². The van der Waals surface area contributed by atoms with Crippen molar-refractivity contribution in [3.05, 3.63) is 49.0 Å². The molecule has 1 amide bonds. The first-order valence-corrected chi connectivity index (χ1v) is 9.95. The van der Waals surface area contributed by atoms with Crippen LogP contribution < -0.4 is 5.32 Å². The summed E-state index contributed by atoms with van der Waals surface area (Å²) in [6, 6.07) is 8.44. The summed E-state index contributed by atoms with van der Waals surface area (Å²) < 4.78 is 6.92. The molecular weight excluding hydrogens is 458 g/mol. The molecule has 0 radical (unpaired) electrons. The van der Waals surface area contributed by atoms with Gasteiger partial charge in [0, 0.05) is 10.2 Å². The van der Waals surface area contributed by atoms with Gasteiger partial charge in [-0.3, -0.25) is 4.79 Å². The highest BCUT2D eigenvalue weighted by molar-refractivity contribution is 9.13. The van der Waals surface area contributed by atoms with E-state index in [1.54, 1.807) is 30.3 Å². The highest BCUT2D eigenvalue weighted by atomic mass is 79.9. The van der Waals surface area contributed by atoms with E-state index < -0.39 is 0 Å². The number of amides is 1. The van der Waals surface area contributed by atoms with Gasteiger partial charge < -0.3 is 10.1 Å². The van der Waals surface area contributed by atoms with Gasteiger partial charge in [-0.25, -0.2) is 4.79 Å². The Bertz CT molecular complexity index is 694. The molecule has 1 aromatic carbocycles. The Morgan fingerprint density at radius 1 is 1.17 bits per heavy atom. The number of esters is 1. The van der Waals surface area contributed by atoms with Crippen molar-refractivity contribution in [2.24, 2.45) is 0 Å². The zero-order valence-electron chi connectivity index (χ0n) is 13.1. The van der Waals surface area contributed by atoms with Gasteiger partial charge in [-0.05, 0) is 68.6 Å². The number of hydrogen-bond acceptors (Lipinski definition) is 4. The fourth-order valence-electron chi connectivity index (χ4n) is 1.94. The Morgan fingerprint density at radius 3 is 2.46 bits per heavy atom. The number of hydrogen-bond donors (Lipinski definition) is 1. The van der Waals surface area contributed by atoms with Crippen LogP contribution in [0.25, 0.3) is 0 Å². The Kier molecular flexibility index (Phi) is 7.45. The minimum atomic E-state index is -0.338. The molecule has 0 spiro atoms. The maximum Gasteiger partial charge on any atom is 0.338 e. The average Bonchev–Trinajstić information content (AvgIpc) is 2.91. The number of carbonyl (C=O) groups excluding carboxylic acids is 2. The second-order valence-corrected chi connectivity index (χ2v) is 8.33. The standard InChI is InChI=1S/C17H17Br2NO3S/c1-2-3-4-9-23-17(22)11-5-7-12(8-6-11)20-16(21)14-10-13(18)15(19)24-14/h5-8,10H,2-4,9H2,1H3,(H,20,21). The van der Waals surface area contributed by atoms with Crippen molar-refractivity contribution >= 4 is 60.8 Å². The van der Waals surface area contributed by atoms with Crippen LogP contribution in [0.5, 0.6) is 0 Å². The van der Waals surface area contributed by atoms with Gasteiger partial charge in [0.2, 0.25) is 0 Å². The lowest BCUT2D eigenvalue weighted by molar-refractivity contribution is 0.0498. The van der Waals surface area contributed by atoms with Crippen molar-refractivity contribution < 1.29 is 14.3 Å². The molecule has 24 heavy (non-hydrogen) atoms. The van der Waals surface area contributed by atoms with Gasteiger partial charge in [0.25, 0.3) is 5.91 Å². The summed E-state index contributed by atoms with van der Waals surface area (Å²) >= 11 is 8.07. The molecule has 1 aromatic heterocycles. The third kappa shape index (κ3) is 5.43. The molecule has 2 rings (SSSR count). The summed E-state index contributed by atoms with van der Waals surface area (Å²) in [7, 11) is 0. The number of halogens is 2. The average molecular weight is 475 g/mol. The predicted molar refractivity (Wildman–Crippen MR) is 104 cm³/mol. The number of benzene rings is 1. The first kappa shape index (κ1) is 19.1. The summed E-state index contributed by atoms with van der Waals surface area (Å²) in [5.41, 5.74) is 1.11. The van der Waals surface area contributed by atoms with Crippen LogP contribution in [0.15, 0.2) is 38.6 Å². The maximum atomic E-state index is 12.2. The molecule has 0 atom stereocenters. The lowest BCUT2D eigenvalue weighted by Crippen LogP contribution is -2.11. The molecule has 0 aliphatic rings. The highest BCUT2D eigenvalue weighted by Gasteiger charge is 2.13. The molecule has 0 saturated carbocycles. The van der Waals surface area contributed by atoms with E-state index >= 15 is 0 Å². The van der Waals surface area contributed by atoms with Crippen molar-refractivity contribution in [1.82, 2.24) is 0 Å². The summed E-state index contributed by atoms with van der Waals surface area (Å²) in [4.78, 5) is 24.6. The molecule has 1 N–H and O–H groups in total. The first-order chi connectivity index (χ1) is 11.5. The van der Waals surface area contributed by atoms with Gasteiger partial charge in [-0.1, -0.05) is 19.8 Å². The van der Waals surface area contributed by atoms with Crippen molar-refractivity contribution in [3.63, 3.8) is 0 Å². The Labute approximate surface area is 161 Å². The van der Waals surface area contributed by atoms with Gasteiger partial charge in [0.1, 0.15) is 0 Å². The normalized spacial score (nSPS) is 10.5. The molecule has 7 heteroatoms. The SMILES string of the molecule is CCCCCOC(=O)c1ccc(NC(=O)c2cc(Br)c(Br)s2)cc1. The molecule has 0 fully saturated rings. The Hall–Kier alpha value is -1.18.